The molecule has 192 valence electrons. The molecule has 3 rings (SSSR count). The molecule has 0 saturated heterocycles. The van der Waals surface area contributed by atoms with Gasteiger partial charge in [-0.05, 0) is 38.7 Å². The zero-order chi connectivity index (χ0) is 26.2. The lowest BCUT2D eigenvalue weighted by Gasteiger charge is -2.37. The van der Waals surface area contributed by atoms with E-state index in [9.17, 15) is 14.7 Å². The van der Waals surface area contributed by atoms with Gasteiger partial charge >= 0.3 is 0 Å². The van der Waals surface area contributed by atoms with Crippen molar-refractivity contribution in [2.45, 2.75) is 32.4 Å². The van der Waals surface area contributed by atoms with Crippen molar-refractivity contribution in [3.63, 3.8) is 0 Å². The molecule has 9 heteroatoms. The van der Waals surface area contributed by atoms with Crippen molar-refractivity contribution in [3.8, 4) is 17.7 Å². The van der Waals surface area contributed by atoms with Gasteiger partial charge in [0.25, 0.3) is 5.91 Å². The van der Waals surface area contributed by atoms with Crippen LogP contribution in [0.25, 0.3) is 0 Å². The summed E-state index contributed by atoms with van der Waals surface area (Å²) < 4.78 is 6.27. The average molecular weight is 494 g/mol. The number of pyridine rings is 2. The quantitative estimate of drug-likeness (QED) is 0.581. The minimum absolute atomic E-state index is 0.0581. The molecule has 0 fully saturated rings. The molecule has 1 aliphatic heterocycles. The molecule has 0 aromatic carbocycles. The number of aliphatic hydroxyl groups excluding tert-OH is 1. The number of aliphatic hydroxyl groups is 1. The fourth-order valence-corrected chi connectivity index (χ4v) is 3.87. The van der Waals surface area contributed by atoms with Gasteiger partial charge in [0.05, 0.1) is 32.2 Å². The minimum atomic E-state index is -0.411. The molecule has 1 N–H and O–H groups in total. The van der Waals surface area contributed by atoms with Gasteiger partial charge in [-0.3, -0.25) is 19.5 Å². The van der Waals surface area contributed by atoms with Crippen molar-refractivity contribution in [2.75, 3.05) is 47.4 Å². The maximum atomic E-state index is 13.5. The third kappa shape index (κ3) is 7.03. The number of fused-ring (bicyclic) bond motifs is 1. The number of rotatable bonds is 7. The van der Waals surface area contributed by atoms with Crippen molar-refractivity contribution in [1.29, 1.82) is 0 Å². The van der Waals surface area contributed by atoms with E-state index >= 15 is 0 Å². The molecule has 2 aromatic heterocycles. The molecule has 36 heavy (non-hydrogen) atoms. The molecule has 1 aliphatic rings. The van der Waals surface area contributed by atoms with Crippen molar-refractivity contribution >= 4 is 11.8 Å². The van der Waals surface area contributed by atoms with Crippen LogP contribution in [0.5, 0.6) is 5.88 Å². The Labute approximate surface area is 213 Å². The number of nitrogens with zero attached hydrogens (tertiary/aromatic N) is 5. The lowest BCUT2D eigenvalue weighted by molar-refractivity contribution is -0.130. The highest BCUT2D eigenvalue weighted by Gasteiger charge is 2.34. The van der Waals surface area contributed by atoms with Gasteiger partial charge in [0.15, 0.2) is 0 Å². The van der Waals surface area contributed by atoms with E-state index in [-0.39, 0.29) is 42.7 Å². The zero-order valence-electron chi connectivity index (χ0n) is 21.6. The average Bonchev–Trinajstić information content (AvgIpc) is 2.86. The van der Waals surface area contributed by atoms with E-state index in [1.165, 1.54) is 0 Å². The Kier molecular flexibility index (Phi) is 9.39. The monoisotopic (exact) mass is 493 g/mol. The summed E-state index contributed by atoms with van der Waals surface area (Å²) in [4.78, 5) is 40.1. The van der Waals surface area contributed by atoms with Gasteiger partial charge in [0, 0.05) is 43.7 Å². The SMILES string of the molecule is C[C@@H]1CN([C@H](C)CO)C(=O)c2cc(C#CCN(C)C)cnc2O[C@@H]1CN(C)C(=O)Cc1cccnc1. The summed E-state index contributed by atoms with van der Waals surface area (Å²) in [5, 5.41) is 9.82. The number of carbonyl (C=O) groups is 2. The first-order chi connectivity index (χ1) is 17.2. The van der Waals surface area contributed by atoms with E-state index in [0.29, 0.717) is 30.8 Å². The van der Waals surface area contributed by atoms with Crippen LogP contribution in [0, 0.1) is 17.8 Å². The first-order valence-corrected chi connectivity index (χ1v) is 12.0. The van der Waals surface area contributed by atoms with E-state index in [2.05, 4.69) is 21.8 Å². The number of carbonyl (C=O) groups excluding carboxylic acids is 2. The third-order valence-corrected chi connectivity index (χ3v) is 6.11. The molecule has 0 aliphatic carbocycles. The lowest BCUT2D eigenvalue weighted by Crippen LogP contribution is -2.50. The molecule has 9 nitrogen and oxygen atoms in total. The Hall–Kier alpha value is -3.48. The van der Waals surface area contributed by atoms with Crippen molar-refractivity contribution in [1.82, 2.24) is 24.7 Å². The minimum Gasteiger partial charge on any atom is -0.472 e. The first-order valence-electron chi connectivity index (χ1n) is 12.0. The number of ether oxygens (including phenoxy) is 1. The zero-order valence-corrected chi connectivity index (χ0v) is 21.6. The summed E-state index contributed by atoms with van der Waals surface area (Å²) in [5.74, 6) is 5.86. The number of hydrogen-bond donors (Lipinski definition) is 1. The molecule has 3 heterocycles. The summed E-state index contributed by atoms with van der Waals surface area (Å²) in [6.07, 6.45) is 4.77. The Morgan fingerprint density at radius 2 is 2.11 bits per heavy atom. The lowest BCUT2D eigenvalue weighted by atomic mass is 9.99. The molecule has 2 aromatic rings. The van der Waals surface area contributed by atoms with Crippen LogP contribution < -0.4 is 4.74 Å². The van der Waals surface area contributed by atoms with Crippen LogP contribution in [0.2, 0.25) is 0 Å². The fraction of sp³-hybridized carbons (Fsp3) is 0.481. The van der Waals surface area contributed by atoms with Gasteiger partial charge in [-0.1, -0.05) is 24.8 Å². The van der Waals surface area contributed by atoms with Crippen LogP contribution in [0.3, 0.4) is 0 Å². The van der Waals surface area contributed by atoms with Crippen molar-refractivity contribution in [2.24, 2.45) is 5.92 Å². The normalized spacial score (nSPS) is 18.3. The maximum Gasteiger partial charge on any atom is 0.259 e. The standard InChI is InChI=1S/C27H35N5O4/c1-19-16-32(20(2)18-33)27(35)23-12-21(9-7-11-30(3)4)15-29-26(23)36-24(19)17-31(5)25(34)13-22-8-6-10-28-14-22/h6,8,10,12,14-15,19-20,24,33H,11,13,16-18H2,1-5H3/t19-,20-,24-/m1/s1. The third-order valence-electron chi connectivity index (χ3n) is 6.11. The topological polar surface area (TPSA) is 99.1 Å². The van der Waals surface area contributed by atoms with Crippen molar-refractivity contribution in [3.05, 3.63) is 53.5 Å². The Morgan fingerprint density at radius 1 is 1.33 bits per heavy atom. The highest BCUT2D eigenvalue weighted by atomic mass is 16.5. The van der Waals surface area contributed by atoms with E-state index in [4.69, 9.17) is 4.74 Å². The van der Waals surface area contributed by atoms with Crippen LogP contribution in [0.1, 0.15) is 35.3 Å². The number of hydrogen-bond acceptors (Lipinski definition) is 7. The van der Waals surface area contributed by atoms with Crippen LogP contribution in [0.4, 0.5) is 0 Å². The molecule has 0 radical (unpaired) electrons. The predicted molar refractivity (Wildman–Crippen MR) is 136 cm³/mol. The Bertz CT molecular complexity index is 1110. The van der Waals surface area contributed by atoms with Crippen molar-refractivity contribution < 1.29 is 19.4 Å². The first kappa shape index (κ1) is 27.1. The van der Waals surface area contributed by atoms with E-state index in [1.807, 2.05) is 32.0 Å². The molecular formula is C27H35N5O4. The van der Waals surface area contributed by atoms with Gasteiger partial charge in [-0.2, -0.15) is 0 Å². The highest BCUT2D eigenvalue weighted by molar-refractivity contribution is 5.97. The molecule has 0 saturated carbocycles. The highest BCUT2D eigenvalue weighted by Crippen LogP contribution is 2.27. The van der Waals surface area contributed by atoms with E-state index < -0.39 is 6.10 Å². The van der Waals surface area contributed by atoms with E-state index in [0.717, 1.165) is 5.56 Å². The number of aromatic nitrogens is 2. The van der Waals surface area contributed by atoms with Gasteiger partial charge in [0.2, 0.25) is 11.8 Å². The second-order valence-electron chi connectivity index (χ2n) is 9.55. The molecular weight excluding hydrogens is 458 g/mol. The summed E-state index contributed by atoms with van der Waals surface area (Å²) in [6, 6.07) is 4.97. The molecule has 0 spiro atoms. The second-order valence-corrected chi connectivity index (χ2v) is 9.55. The Balaban J connectivity index is 1.87. The summed E-state index contributed by atoms with van der Waals surface area (Å²) in [5.41, 5.74) is 1.75. The fourth-order valence-electron chi connectivity index (χ4n) is 3.87. The van der Waals surface area contributed by atoms with Crippen LogP contribution in [-0.4, -0.2) is 101 Å². The van der Waals surface area contributed by atoms with Gasteiger partial charge < -0.3 is 19.6 Å². The van der Waals surface area contributed by atoms with Gasteiger partial charge in [0.1, 0.15) is 11.7 Å². The van der Waals surface area contributed by atoms with E-state index in [1.54, 1.807) is 54.5 Å². The maximum absolute atomic E-state index is 13.5. The smallest absolute Gasteiger partial charge is 0.259 e. The van der Waals surface area contributed by atoms with Gasteiger partial charge in [-0.15, -0.1) is 0 Å². The Morgan fingerprint density at radius 3 is 2.78 bits per heavy atom. The number of amides is 2. The molecule has 2 amide bonds. The number of likely N-dealkylation sites (N-methyl/N-ethyl adjacent to an activating group) is 1. The summed E-state index contributed by atoms with van der Waals surface area (Å²) in [7, 11) is 5.60. The predicted octanol–water partition coefficient (Wildman–Crippen LogP) is 1.31. The molecule has 3 atom stereocenters. The molecule has 0 unspecified atom stereocenters. The molecule has 0 bridgehead atoms. The van der Waals surface area contributed by atoms with Crippen LogP contribution in [0.15, 0.2) is 36.8 Å². The largest absolute Gasteiger partial charge is 0.472 e. The van der Waals surface area contributed by atoms with Gasteiger partial charge in [-0.25, -0.2) is 4.98 Å². The van der Waals surface area contributed by atoms with Crippen LogP contribution >= 0.6 is 0 Å². The van der Waals surface area contributed by atoms with Crippen LogP contribution in [-0.2, 0) is 11.2 Å². The summed E-state index contributed by atoms with van der Waals surface area (Å²) >= 11 is 0. The summed E-state index contributed by atoms with van der Waals surface area (Å²) in [6.45, 7) is 4.87. The second kappa shape index (κ2) is 12.5.